The fourth-order valence-electron chi connectivity index (χ4n) is 3.03. The highest BCUT2D eigenvalue weighted by Crippen LogP contribution is 2.60. The van der Waals surface area contributed by atoms with E-state index in [0.717, 1.165) is 17.3 Å². The first-order valence-corrected chi connectivity index (χ1v) is 5.10. The lowest BCUT2D eigenvalue weighted by Gasteiger charge is -2.28. The molecule has 0 radical (unpaired) electrons. The minimum Gasteiger partial charge on any atom is -0.316 e. The molecule has 0 aromatic carbocycles. The van der Waals surface area contributed by atoms with Gasteiger partial charge in [0.25, 0.3) is 0 Å². The van der Waals surface area contributed by atoms with Crippen molar-refractivity contribution in [2.75, 3.05) is 13.1 Å². The Balaban J connectivity index is 1.62. The molecule has 1 nitrogen and oxygen atoms in total. The van der Waals surface area contributed by atoms with Crippen LogP contribution in [-0.2, 0) is 0 Å². The van der Waals surface area contributed by atoms with Gasteiger partial charge in [-0.25, -0.2) is 0 Å². The minimum absolute atomic E-state index is 0.824. The van der Waals surface area contributed by atoms with Crippen LogP contribution in [0.2, 0.25) is 0 Å². The van der Waals surface area contributed by atoms with Gasteiger partial charge in [-0.2, -0.15) is 0 Å². The van der Waals surface area contributed by atoms with Crippen molar-refractivity contribution in [3.63, 3.8) is 0 Å². The van der Waals surface area contributed by atoms with Crippen LogP contribution in [0.1, 0.15) is 32.1 Å². The number of hydrogen-bond acceptors (Lipinski definition) is 1. The standard InChI is InChI=1S/C10H17N/c1-2-8(3-1)4-10-5-9(10)6-11-7-10/h8-9,11H,1-7H2. The average molecular weight is 151 g/mol. The van der Waals surface area contributed by atoms with E-state index >= 15 is 0 Å². The number of nitrogens with one attached hydrogen (secondary N) is 1. The summed E-state index contributed by atoms with van der Waals surface area (Å²) in [5.41, 5.74) is 0.824. The zero-order valence-corrected chi connectivity index (χ0v) is 7.10. The second-order valence-electron chi connectivity index (χ2n) is 4.90. The summed E-state index contributed by atoms with van der Waals surface area (Å²) >= 11 is 0. The molecule has 11 heavy (non-hydrogen) atoms. The molecule has 1 aliphatic heterocycles. The van der Waals surface area contributed by atoms with Crippen LogP contribution in [0, 0.1) is 17.3 Å². The number of hydrogen-bond donors (Lipinski definition) is 1. The fraction of sp³-hybridized carbons (Fsp3) is 1.00. The van der Waals surface area contributed by atoms with Gasteiger partial charge < -0.3 is 5.32 Å². The molecule has 1 saturated heterocycles. The van der Waals surface area contributed by atoms with Crippen LogP contribution < -0.4 is 5.32 Å². The van der Waals surface area contributed by atoms with E-state index in [1.54, 1.807) is 12.8 Å². The molecule has 0 aromatic heterocycles. The summed E-state index contributed by atoms with van der Waals surface area (Å²) < 4.78 is 0. The van der Waals surface area contributed by atoms with E-state index < -0.39 is 0 Å². The van der Waals surface area contributed by atoms with E-state index in [9.17, 15) is 0 Å². The Bertz CT molecular complexity index is 174. The third-order valence-corrected chi connectivity index (χ3v) is 4.15. The SMILES string of the molecule is C1CC(CC23CNCC2C3)C1. The molecule has 0 aromatic rings. The van der Waals surface area contributed by atoms with Gasteiger partial charge in [0.15, 0.2) is 0 Å². The van der Waals surface area contributed by atoms with Gasteiger partial charge >= 0.3 is 0 Å². The Morgan fingerprint density at radius 1 is 1.36 bits per heavy atom. The van der Waals surface area contributed by atoms with Crippen LogP contribution in [0.5, 0.6) is 0 Å². The Morgan fingerprint density at radius 2 is 2.27 bits per heavy atom. The van der Waals surface area contributed by atoms with Crippen molar-refractivity contribution in [1.29, 1.82) is 0 Å². The summed E-state index contributed by atoms with van der Waals surface area (Å²) in [6.45, 7) is 2.67. The second kappa shape index (κ2) is 2.01. The fourth-order valence-corrected chi connectivity index (χ4v) is 3.03. The second-order valence-corrected chi connectivity index (χ2v) is 4.90. The third kappa shape index (κ3) is 0.868. The van der Waals surface area contributed by atoms with Crippen LogP contribution >= 0.6 is 0 Å². The lowest BCUT2D eigenvalue weighted by molar-refractivity contribution is 0.239. The lowest BCUT2D eigenvalue weighted by atomic mass is 9.77. The number of piperidine rings is 1. The first-order valence-electron chi connectivity index (χ1n) is 5.10. The molecular weight excluding hydrogens is 134 g/mol. The summed E-state index contributed by atoms with van der Waals surface area (Å²) in [6.07, 6.45) is 7.70. The third-order valence-electron chi connectivity index (χ3n) is 4.15. The molecule has 1 heteroatoms. The maximum atomic E-state index is 3.52. The topological polar surface area (TPSA) is 12.0 Å². The summed E-state index contributed by atoms with van der Waals surface area (Å²) in [5.74, 6) is 2.21. The molecule has 2 atom stereocenters. The maximum absolute atomic E-state index is 3.52. The van der Waals surface area contributed by atoms with Gasteiger partial charge in [0, 0.05) is 6.54 Å². The van der Waals surface area contributed by atoms with Crippen molar-refractivity contribution in [2.24, 2.45) is 17.3 Å². The molecule has 2 saturated carbocycles. The zero-order valence-electron chi connectivity index (χ0n) is 7.10. The van der Waals surface area contributed by atoms with Crippen LogP contribution in [0.4, 0.5) is 0 Å². The van der Waals surface area contributed by atoms with Crippen molar-refractivity contribution in [3.05, 3.63) is 0 Å². The van der Waals surface area contributed by atoms with Crippen molar-refractivity contribution < 1.29 is 0 Å². The Hall–Kier alpha value is -0.0400. The molecule has 3 rings (SSSR count). The molecule has 0 spiro atoms. The van der Waals surface area contributed by atoms with Crippen LogP contribution in [-0.4, -0.2) is 13.1 Å². The summed E-state index contributed by atoms with van der Waals surface area (Å²) in [6, 6.07) is 0. The van der Waals surface area contributed by atoms with E-state index in [2.05, 4.69) is 5.32 Å². The van der Waals surface area contributed by atoms with Gasteiger partial charge in [-0.15, -0.1) is 0 Å². The van der Waals surface area contributed by atoms with E-state index in [4.69, 9.17) is 0 Å². The predicted molar refractivity (Wildman–Crippen MR) is 45.4 cm³/mol. The summed E-state index contributed by atoms with van der Waals surface area (Å²) in [4.78, 5) is 0. The normalized spacial score (nSPS) is 48.5. The van der Waals surface area contributed by atoms with Crippen molar-refractivity contribution in [1.82, 2.24) is 5.32 Å². The minimum atomic E-state index is 0.824. The Kier molecular flexibility index (Phi) is 1.18. The van der Waals surface area contributed by atoms with Gasteiger partial charge in [0.1, 0.15) is 0 Å². The maximum Gasteiger partial charge on any atom is 0.00113 e. The van der Waals surface area contributed by atoms with Gasteiger partial charge in [-0.1, -0.05) is 19.3 Å². The highest BCUT2D eigenvalue weighted by molar-refractivity contribution is 5.10. The molecule has 1 N–H and O–H groups in total. The predicted octanol–water partition coefficient (Wildman–Crippen LogP) is 1.79. The Labute approximate surface area is 68.6 Å². The van der Waals surface area contributed by atoms with Gasteiger partial charge in [0.05, 0.1) is 0 Å². The van der Waals surface area contributed by atoms with Crippen LogP contribution in [0.25, 0.3) is 0 Å². The van der Waals surface area contributed by atoms with E-state index in [-0.39, 0.29) is 0 Å². The van der Waals surface area contributed by atoms with Crippen LogP contribution in [0.15, 0.2) is 0 Å². The zero-order chi connectivity index (χ0) is 7.31. The van der Waals surface area contributed by atoms with Crippen molar-refractivity contribution >= 4 is 0 Å². The number of rotatable bonds is 2. The molecule has 3 fully saturated rings. The summed E-state index contributed by atoms with van der Waals surface area (Å²) in [7, 11) is 0. The van der Waals surface area contributed by atoms with E-state index in [1.807, 2.05) is 0 Å². The number of fused-ring (bicyclic) bond motifs is 1. The highest BCUT2D eigenvalue weighted by Gasteiger charge is 2.57. The molecule has 2 aliphatic carbocycles. The van der Waals surface area contributed by atoms with Gasteiger partial charge in [-0.3, -0.25) is 0 Å². The summed E-state index contributed by atoms with van der Waals surface area (Å²) in [5, 5.41) is 3.52. The smallest absolute Gasteiger partial charge is 0.00113 e. The molecule has 0 amide bonds. The quantitative estimate of drug-likeness (QED) is 0.634. The molecule has 3 aliphatic rings. The first-order chi connectivity index (χ1) is 5.39. The van der Waals surface area contributed by atoms with E-state index in [0.29, 0.717) is 0 Å². The van der Waals surface area contributed by atoms with Gasteiger partial charge in [0.2, 0.25) is 0 Å². The van der Waals surface area contributed by atoms with Gasteiger partial charge in [-0.05, 0) is 36.6 Å². The van der Waals surface area contributed by atoms with Crippen LogP contribution in [0.3, 0.4) is 0 Å². The monoisotopic (exact) mass is 151 g/mol. The molecule has 0 bridgehead atoms. The molecule has 2 unspecified atom stereocenters. The molecule has 1 heterocycles. The molecule has 62 valence electrons. The van der Waals surface area contributed by atoms with E-state index in [1.165, 1.54) is 32.4 Å². The first kappa shape index (κ1) is 6.47. The average Bonchev–Trinajstić information content (AvgIpc) is 2.47. The Morgan fingerprint density at radius 3 is 2.73 bits per heavy atom. The lowest BCUT2D eigenvalue weighted by Crippen LogP contribution is -2.22. The van der Waals surface area contributed by atoms with Crippen molar-refractivity contribution in [3.8, 4) is 0 Å². The highest BCUT2D eigenvalue weighted by atomic mass is 15.0. The van der Waals surface area contributed by atoms with Crippen molar-refractivity contribution in [2.45, 2.75) is 32.1 Å². The largest absolute Gasteiger partial charge is 0.316 e. The molecular formula is C10H17N.